The van der Waals surface area contributed by atoms with Gasteiger partial charge in [-0.25, -0.2) is 4.79 Å². The number of nitrogens with zero attached hydrogens (tertiary/aromatic N) is 1. The molecule has 0 radical (unpaired) electrons. The van der Waals surface area contributed by atoms with Crippen molar-refractivity contribution in [2.45, 2.75) is 44.1 Å². The van der Waals surface area contributed by atoms with Crippen LogP contribution in [-0.4, -0.2) is 47.1 Å². The molecule has 3 rings (SSSR count). The molecule has 1 saturated heterocycles. The largest absolute Gasteiger partial charge is 0.480 e. The van der Waals surface area contributed by atoms with Gasteiger partial charge in [0.1, 0.15) is 18.2 Å². The zero-order valence-corrected chi connectivity index (χ0v) is 19.0. The third-order valence-electron chi connectivity index (χ3n) is 5.40. The number of carboxylic acid groups (broad SMARTS) is 1. The Balaban J connectivity index is 2.19. The Hall–Kier alpha value is -2.61. The second kappa shape index (κ2) is 10.3. The molecule has 0 saturated carbocycles. The first kappa shape index (κ1) is 24.0. The van der Waals surface area contributed by atoms with Gasteiger partial charge in [0.05, 0.1) is 19.6 Å². The lowest BCUT2D eigenvalue weighted by Gasteiger charge is -2.46. The van der Waals surface area contributed by atoms with E-state index in [1.165, 1.54) is 12.0 Å². The molecule has 1 aliphatic heterocycles. The van der Waals surface area contributed by atoms with E-state index in [4.69, 9.17) is 32.7 Å². The van der Waals surface area contributed by atoms with E-state index in [0.29, 0.717) is 21.2 Å². The summed E-state index contributed by atoms with van der Waals surface area (Å²) in [6.07, 6.45) is -2.16. The topological polar surface area (TPSA) is 93.1 Å². The smallest absolute Gasteiger partial charge is 0.326 e. The summed E-state index contributed by atoms with van der Waals surface area (Å²) in [5.41, 5.74) is 1.29. The van der Waals surface area contributed by atoms with Crippen molar-refractivity contribution >= 4 is 41.0 Å². The summed E-state index contributed by atoms with van der Waals surface area (Å²) in [7, 11) is 1.21. The monoisotopic (exact) mass is 479 g/mol. The number of morpholine rings is 1. The van der Waals surface area contributed by atoms with E-state index in [9.17, 15) is 19.5 Å². The predicted octanol–water partition coefficient (Wildman–Crippen LogP) is 4.43. The van der Waals surface area contributed by atoms with Crippen LogP contribution in [0.1, 0.15) is 43.0 Å². The highest BCUT2D eigenvalue weighted by atomic mass is 35.5. The molecular formula is C23H23Cl2NO6. The van der Waals surface area contributed by atoms with Gasteiger partial charge in [0.25, 0.3) is 5.91 Å². The molecule has 32 heavy (non-hydrogen) atoms. The molecule has 1 amide bonds. The molecule has 0 aliphatic carbocycles. The summed E-state index contributed by atoms with van der Waals surface area (Å²) in [4.78, 5) is 38.8. The summed E-state index contributed by atoms with van der Waals surface area (Å²) in [6.45, 7) is 1.68. The Morgan fingerprint density at radius 2 is 1.81 bits per heavy atom. The van der Waals surface area contributed by atoms with Crippen LogP contribution >= 0.6 is 23.2 Å². The van der Waals surface area contributed by atoms with Crippen LogP contribution in [0.15, 0.2) is 48.5 Å². The first-order chi connectivity index (χ1) is 15.3. The summed E-state index contributed by atoms with van der Waals surface area (Å²) >= 11 is 12.3. The summed E-state index contributed by atoms with van der Waals surface area (Å²) < 4.78 is 10.9. The SMILES string of the molecule is CCC(C(=O)O)N1C(=O)[C@@H](CC(=O)OC)O[C@H](c2cccc(Cl)c2)[C@H]1c1ccc(Cl)cc1. The quantitative estimate of drug-likeness (QED) is 0.590. The number of hydrogen-bond donors (Lipinski definition) is 1. The molecule has 1 unspecified atom stereocenters. The van der Waals surface area contributed by atoms with Gasteiger partial charge in [-0.15, -0.1) is 0 Å². The molecule has 2 aromatic rings. The van der Waals surface area contributed by atoms with E-state index in [1.807, 2.05) is 0 Å². The minimum Gasteiger partial charge on any atom is -0.480 e. The Kier molecular flexibility index (Phi) is 7.77. The number of carboxylic acids is 1. The number of hydrogen-bond acceptors (Lipinski definition) is 5. The zero-order valence-electron chi connectivity index (χ0n) is 17.5. The van der Waals surface area contributed by atoms with Gasteiger partial charge in [-0.05, 0) is 41.8 Å². The number of amides is 1. The first-order valence-corrected chi connectivity index (χ1v) is 10.8. The highest BCUT2D eigenvalue weighted by Gasteiger charge is 2.48. The maximum absolute atomic E-state index is 13.5. The van der Waals surface area contributed by atoms with Crippen LogP contribution in [0.2, 0.25) is 10.0 Å². The maximum Gasteiger partial charge on any atom is 0.326 e. The zero-order chi connectivity index (χ0) is 23.4. The lowest BCUT2D eigenvalue weighted by Crippen LogP contribution is -2.57. The van der Waals surface area contributed by atoms with E-state index < -0.39 is 42.1 Å². The van der Waals surface area contributed by atoms with Gasteiger partial charge < -0.3 is 19.5 Å². The Labute approximate surface area is 195 Å². The highest BCUT2D eigenvalue weighted by molar-refractivity contribution is 6.30. The predicted molar refractivity (Wildman–Crippen MR) is 118 cm³/mol. The van der Waals surface area contributed by atoms with Crippen LogP contribution in [0.25, 0.3) is 0 Å². The first-order valence-electron chi connectivity index (χ1n) is 10.0. The van der Waals surface area contributed by atoms with E-state index >= 15 is 0 Å². The van der Waals surface area contributed by atoms with Crippen LogP contribution in [0.3, 0.4) is 0 Å². The van der Waals surface area contributed by atoms with Crippen molar-refractivity contribution in [3.63, 3.8) is 0 Å². The van der Waals surface area contributed by atoms with Gasteiger partial charge in [0, 0.05) is 10.0 Å². The maximum atomic E-state index is 13.5. The fourth-order valence-corrected chi connectivity index (χ4v) is 4.23. The second-order valence-electron chi connectivity index (χ2n) is 7.38. The van der Waals surface area contributed by atoms with E-state index in [0.717, 1.165) is 0 Å². The van der Waals surface area contributed by atoms with Crippen LogP contribution in [0.4, 0.5) is 0 Å². The van der Waals surface area contributed by atoms with Crippen molar-refractivity contribution in [3.05, 3.63) is 69.7 Å². The van der Waals surface area contributed by atoms with Crippen LogP contribution in [-0.2, 0) is 23.9 Å². The summed E-state index contributed by atoms with van der Waals surface area (Å²) in [5.74, 6) is -2.38. The number of carbonyl (C=O) groups is 3. The van der Waals surface area contributed by atoms with Crippen molar-refractivity contribution in [2.24, 2.45) is 0 Å². The number of methoxy groups -OCH3 is 1. The van der Waals surface area contributed by atoms with Crippen molar-refractivity contribution in [3.8, 4) is 0 Å². The lowest BCUT2D eigenvalue weighted by atomic mass is 9.89. The van der Waals surface area contributed by atoms with Gasteiger partial charge in [-0.3, -0.25) is 9.59 Å². The van der Waals surface area contributed by atoms with Crippen LogP contribution in [0, 0.1) is 0 Å². The fourth-order valence-electron chi connectivity index (χ4n) is 3.91. The lowest BCUT2D eigenvalue weighted by molar-refractivity contribution is -0.187. The van der Waals surface area contributed by atoms with Gasteiger partial charge >= 0.3 is 11.9 Å². The number of esters is 1. The number of ether oxygens (including phenoxy) is 2. The fraction of sp³-hybridized carbons (Fsp3) is 0.348. The second-order valence-corrected chi connectivity index (χ2v) is 8.26. The molecule has 1 N–H and O–H groups in total. The molecule has 4 atom stereocenters. The molecular weight excluding hydrogens is 457 g/mol. The van der Waals surface area contributed by atoms with E-state index in [1.54, 1.807) is 55.5 Å². The Morgan fingerprint density at radius 1 is 1.12 bits per heavy atom. The molecule has 1 aliphatic rings. The van der Waals surface area contributed by atoms with Crippen molar-refractivity contribution in [1.82, 2.24) is 4.90 Å². The average Bonchev–Trinajstić information content (AvgIpc) is 2.76. The van der Waals surface area contributed by atoms with Crippen LogP contribution in [0.5, 0.6) is 0 Å². The third kappa shape index (κ3) is 5.06. The molecule has 2 aromatic carbocycles. The molecule has 7 nitrogen and oxygen atoms in total. The van der Waals surface area contributed by atoms with Gasteiger partial charge in [-0.1, -0.05) is 54.4 Å². The summed E-state index contributed by atoms with van der Waals surface area (Å²) in [6, 6.07) is 11.8. The number of halogens is 2. The number of benzene rings is 2. The molecule has 0 spiro atoms. The molecule has 170 valence electrons. The number of carbonyl (C=O) groups excluding carboxylic acids is 2. The van der Waals surface area contributed by atoms with Gasteiger partial charge in [-0.2, -0.15) is 0 Å². The van der Waals surface area contributed by atoms with Crippen molar-refractivity contribution < 1.29 is 29.0 Å². The van der Waals surface area contributed by atoms with Crippen LogP contribution < -0.4 is 0 Å². The summed E-state index contributed by atoms with van der Waals surface area (Å²) in [5, 5.41) is 10.9. The van der Waals surface area contributed by atoms with Crippen molar-refractivity contribution in [2.75, 3.05) is 7.11 Å². The normalized spacial score (nSPS) is 21.8. The van der Waals surface area contributed by atoms with Crippen molar-refractivity contribution in [1.29, 1.82) is 0 Å². The molecule has 0 aromatic heterocycles. The average molecular weight is 480 g/mol. The highest BCUT2D eigenvalue weighted by Crippen LogP contribution is 2.44. The Morgan fingerprint density at radius 3 is 2.38 bits per heavy atom. The van der Waals surface area contributed by atoms with Gasteiger partial charge in [0.2, 0.25) is 0 Å². The van der Waals surface area contributed by atoms with Gasteiger partial charge in [0.15, 0.2) is 0 Å². The minimum atomic E-state index is -1.21. The van der Waals surface area contributed by atoms with E-state index in [-0.39, 0.29) is 12.8 Å². The molecule has 1 fully saturated rings. The molecule has 1 heterocycles. The number of aliphatic carboxylic acids is 1. The minimum absolute atomic E-state index is 0.165. The standard InChI is InChI=1S/C23H23Cl2NO6/c1-3-17(23(29)30)26-20(13-7-9-15(24)10-8-13)21(14-5-4-6-16(25)11-14)32-18(22(26)28)12-19(27)31-2/h4-11,17-18,20-21H,3,12H2,1-2H3,(H,29,30)/t17?,18-,20-,21-/m1/s1. The Bertz CT molecular complexity index is 996. The van der Waals surface area contributed by atoms with E-state index in [2.05, 4.69) is 0 Å². The molecule has 0 bridgehead atoms. The number of rotatable bonds is 7. The molecule has 9 heteroatoms. The third-order valence-corrected chi connectivity index (χ3v) is 5.89.